The fourth-order valence-corrected chi connectivity index (χ4v) is 2.69. The number of carbonyl (C=O) groups excluding carboxylic acids is 1. The summed E-state index contributed by atoms with van der Waals surface area (Å²) >= 11 is 0. The lowest BCUT2D eigenvalue weighted by atomic mass is 9.89. The summed E-state index contributed by atoms with van der Waals surface area (Å²) in [6, 6.07) is 11.0. The molecule has 1 aliphatic heterocycles. The molecule has 1 fully saturated rings. The topological polar surface area (TPSA) is 53.3 Å². The van der Waals surface area contributed by atoms with Crippen LogP contribution in [0.25, 0.3) is 0 Å². The van der Waals surface area contributed by atoms with Gasteiger partial charge in [-0.05, 0) is 18.4 Å². The van der Waals surface area contributed by atoms with Crippen molar-refractivity contribution in [3.63, 3.8) is 0 Å². The van der Waals surface area contributed by atoms with E-state index in [4.69, 9.17) is 10.00 Å². The van der Waals surface area contributed by atoms with Crippen molar-refractivity contribution in [2.45, 2.75) is 25.9 Å². The predicted molar refractivity (Wildman–Crippen MR) is 80.4 cm³/mol. The number of piperidine rings is 1. The Kier molecular flexibility index (Phi) is 6.10. The van der Waals surface area contributed by atoms with E-state index in [0.29, 0.717) is 19.4 Å². The number of halogens is 2. The van der Waals surface area contributed by atoms with Crippen molar-refractivity contribution in [3.05, 3.63) is 47.5 Å². The Morgan fingerprint density at radius 1 is 1.35 bits per heavy atom. The van der Waals surface area contributed by atoms with Crippen LogP contribution in [-0.2, 0) is 11.3 Å². The van der Waals surface area contributed by atoms with Gasteiger partial charge in [-0.1, -0.05) is 30.3 Å². The van der Waals surface area contributed by atoms with Gasteiger partial charge < -0.3 is 9.64 Å². The molecular formula is C17H18F2N2O2. The molecule has 0 aromatic heterocycles. The van der Waals surface area contributed by atoms with Crippen LogP contribution in [-0.4, -0.2) is 24.1 Å². The Bertz CT molecular complexity index is 607. The predicted octanol–water partition coefficient (Wildman–Crippen LogP) is 4.10. The summed E-state index contributed by atoms with van der Waals surface area (Å²) in [5.41, 5.74) is 0.710. The van der Waals surface area contributed by atoms with Crippen molar-refractivity contribution in [2.75, 3.05) is 13.1 Å². The van der Waals surface area contributed by atoms with E-state index in [1.807, 2.05) is 30.3 Å². The van der Waals surface area contributed by atoms with E-state index in [9.17, 15) is 13.6 Å². The molecule has 4 nitrogen and oxygen atoms in total. The number of benzene rings is 1. The van der Waals surface area contributed by atoms with Crippen LogP contribution < -0.4 is 0 Å². The first kappa shape index (κ1) is 16.9. The monoisotopic (exact) mass is 320 g/mol. The Balaban J connectivity index is 1.94. The highest BCUT2D eigenvalue weighted by Gasteiger charge is 2.29. The van der Waals surface area contributed by atoms with E-state index in [2.05, 4.69) is 0 Å². The van der Waals surface area contributed by atoms with Crippen molar-refractivity contribution < 1.29 is 18.3 Å². The lowest BCUT2D eigenvalue weighted by molar-refractivity contribution is 0.0818. The standard InChI is InChI=1S/C17H18F2N2O2/c18-16(19)15(8-9-20)14-7-4-10-21(11-14)17(22)23-12-13-5-2-1-3-6-13/h1-3,5-6,14H,4,7-8,10-12H2. The van der Waals surface area contributed by atoms with Gasteiger partial charge in [-0.25, -0.2) is 4.79 Å². The highest BCUT2D eigenvalue weighted by molar-refractivity contribution is 5.67. The summed E-state index contributed by atoms with van der Waals surface area (Å²) in [6.07, 6.45) is -1.45. The molecule has 0 radical (unpaired) electrons. The molecule has 23 heavy (non-hydrogen) atoms. The van der Waals surface area contributed by atoms with Crippen molar-refractivity contribution in [3.8, 4) is 6.07 Å². The van der Waals surface area contributed by atoms with Crippen LogP contribution in [0.2, 0.25) is 0 Å². The quantitative estimate of drug-likeness (QED) is 0.839. The second kappa shape index (κ2) is 8.28. The summed E-state index contributed by atoms with van der Waals surface area (Å²) in [5.74, 6) is -0.474. The van der Waals surface area contributed by atoms with Crippen LogP contribution in [0.4, 0.5) is 13.6 Å². The molecule has 1 aromatic rings. The second-order valence-electron chi connectivity index (χ2n) is 5.45. The van der Waals surface area contributed by atoms with Gasteiger partial charge in [0.05, 0.1) is 12.5 Å². The van der Waals surface area contributed by atoms with E-state index in [1.165, 1.54) is 4.90 Å². The summed E-state index contributed by atoms with van der Waals surface area (Å²) in [4.78, 5) is 13.5. The molecule has 122 valence electrons. The molecule has 0 spiro atoms. The first-order valence-electron chi connectivity index (χ1n) is 7.48. The minimum absolute atomic E-state index is 0.152. The van der Waals surface area contributed by atoms with Crippen molar-refractivity contribution >= 4 is 6.09 Å². The molecule has 6 heteroatoms. The van der Waals surface area contributed by atoms with E-state index in [-0.39, 0.29) is 25.1 Å². The van der Waals surface area contributed by atoms with Crippen LogP contribution in [0, 0.1) is 17.2 Å². The third-order valence-electron chi connectivity index (χ3n) is 3.89. The molecular weight excluding hydrogens is 302 g/mol. The zero-order valence-corrected chi connectivity index (χ0v) is 12.7. The Labute approximate surface area is 134 Å². The first-order valence-corrected chi connectivity index (χ1v) is 7.48. The summed E-state index contributed by atoms with van der Waals surface area (Å²) < 4.78 is 31.2. The van der Waals surface area contributed by atoms with E-state index < -0.39 is 18.1 Å². The molecule has 0 saturated carbocycles. The van der Waals surface area contributed by atoms with Gasteiger partial charge >= 0.3 is 6.09 Å². The molecule has 0 aliphatic carbocycles. The molecule has 0 N–H and O–H groups in total. The van der Waals surface area contributed by atoms with Gasteiger partial charge in [0.15, 0.2) is 0 Å². The normalized spacial score (nSPS) is 17.3. The number of likely N-dealkylation sites (tertiary alicyclic amines) is 1. The van der Waals surface area contributed by atoms with E-state index in [0.717, 1.165) is 5.56 Å². The second-order valence-corrected chi connectivity index (χ2v) is 5.45. The minimum Gasteiger partial charge on any atom is -0.445 e. The Morgan fingerprint density at radius 2 is 2.09 bits per heavy atom. The summed E-state index contributed by atoms with van der Waals surface area (Å²) in [7, 11) is 0. The highest BCUT2D eigenvalue weighted by Crippen LogP contribution is 2.29. The van der Waals surface area contributed by atoms with Gasteiger partial charge in [-0.2, -0.15) is 14.0 Å². The molecule has 1 aromatic carbocycles. The number of rotatable bonds is 4. The van der Waals surface area contributed by atoms with Gasteiger partial charge in [0.25, 0.3) is 6.08 Å². The smallest absolute Gasteiger partial charge is 0.410 e. The fraction of sp³-hybridized carbons (Fsp3) is 0.412. The number of hydrogen-bond donors (Lipinski definition) is 0. The maximum absolute atomic E-state index is 13.0. The molecule has 2 rings (SSSR count). The number of nitriles is 1. The summed E-state index contributed by atoms with van der Waals surface area (Å²) in [6.45, 7) is 0.805. The van der Waals surface area contributed by atoms with Crippen molar-refractivity contribution in [1.29, 1.82) is 5.26 Å². The van der Waals surface area contributed by atoms with Gasteiger partial charge in [-0.15, -0.1) is 0 Å². The molecule has 1 unspecified atom stereocenters. The molecule has 1 saturated heterocycles. The Morgan fingerprint density at radius 3 is 2.74 bits per heavy atom. The maximum Gasteiger partial charge on any atom is 0.410 e. The van der Waals surface area contributed by atoms with Crippen LogP contribution in [0.15, 0.2) is 42.0 Å². The number of amides is 1. The number of hydrogen-bond acceptors (Lipinski definition) is 3. The lowest BCUT2D eigenvalue weighted by Crippen LogP contribution is -2.40. The SMILES string of the molecule is N#CCC(=C(F)F)C1CCCN(C(=O)OCc2ccccc2)C1. The largest absolute Gasteiger partial charge is 0.445 e. The lowest BCUT2D eigenvalue weighted by Gasteiger charge is -2.32. The average Bonchev–Trinajstić information content (AvgIpc) is 2.58. The molecule has 1 atom stereocenters. The fourth-order valence-electron chi connectivity index (χ4n) is 2.69. The van der Waals surface area contributed by atoms with Crippen LogP contribution in [0.5, 0.6) is 0 Å². The van der Waals surface area contributed by atoms with E-state index in [1.54, 1.807) is 6.07 Å². The zero-order chi connectivity index (χ0) is 16.7. The summed E-state index contributed by atoms with van der Waals surface area (Å²) in [5, 5.41) is 8.68. The molecule has 1 heterocycles. The third-order valence-corrected chi connectivity index (χ3v) is 3.89. The number of carbonyl (C=O) groups is 1. The average molecular weight is 320 g/mol. The highest BCUT2D eigenvalue weighted by atomic mass is 19.3. The number of ether oxygens (including phenoxy) is 1. The van der Waals surface area contributed by atoms with E-state index >= 15 is 0 Å². The van der Waals surface area contributed by atoms with Crippen LogP contribution >= 0.6 is 0 Å². The molecule has 1 amide bonds. The van der Waals surface area contributed by atoms with Crippen molar-refractivity contribution in [1.82, 2.24) is 4.90 Å². The minimum atomic E-state index is -1.81. The maximum atomic E-state index is 13.0. The van der Waals surface area contributed by atoms with Crippen LogP contribution in [0.1, 0.15) is 24.8 Å². The molecule has 0 bridgehead atoms. The molecule has 1 aliphatic rings. The van der Waals surface area contributed by atoms with Gasteiger partial charge in [0.1, 0.15) is 6.61 Å². The van der Waals surface area contributed by atoms with Gasteiger partial charge in [0.2, 0.25) is 0 Å². The number of nitrogens with zero attached hydrogens (tertiary/aromatic N) is 2. The van der Waals surface area contributed by atoms with Gasteiger partial charge in [0, 0.05) is 24.6 Å². The first-order chi connectivity index (χ1) is 11.1. The van der Waals surface area contributed by atoms with Crippen molar-refractivity contribution in [2.24, 2.45) is 5.92 Å². The van der Waals surface area contributed by atoms with Crippen LogP contribution in [0.3, 0.4) is 0 Å². The van der Waals surface area contributed by atoms with Gasteiger partial charge in [-0.3, -0.25) is 0 Å². The Hall–Kier alpha value is -2.42. The zero-order valence-electron chi connectivity index (χ0n) is 12.7. The third kappa shape index (κ3) is 4.78.